The highest BCUT2D eigenvalue weighted by atomic mass is 35.5. The van der Waals surface area contributed by atoms with Gasteiger partial charge in [0.15, 0.2) is 11.6 Å². The molecule has 2 nitrogen and oxygen atoms in total. The van der Waals surface area contributed by atoms with Crippen LogP contribution < -0.4 is 0 Å². The molecule has 0 atom stereocenters. The molecule has 2 rings (SSSR count). The van der Waals surface area contributed by atoms with Gasteiger partial charge < -0.3 is 4.57 Å². The van der Waals surface area contributed by atoms with Gasteiger partial charge in [-0.1, -0.05) is 13.8 Å². The average molecular weight is 333 g/mol. The van der Waals surface area contributed by atoms with Crippen LogP contribution in [0.4, 0.5) is 8.78 Å². The van der Waals surface area contributed by atoms with Gasteiger partial charge in [0, 0.05) is 11.3 Å². The van der Waals surface area contributed by atoms with Crippen LogP contribution in [0.3, 0.4) is 0 Å². The van der Waals surface area contributed by atoms with Crippen molar-refractivity contribution in [2.45, 2.75) is 43.9 Å². The summed E-state index contributed by atoms with van der Waals surface area (Å²) < 4.78 is 29.5. The van der Waals surface area contributed by atoms with Gasteiger partial charge in [-0.25, -0.2) is 13.8 Å². The Bertz CT molecular complexity index is 630. The first-order valence-electron chi connectivity index (χ1n) is 6.96. The molecule has 0 spiro atoms. The number of hydrogen-bond donors (Lipinski definition) is 0. The van der Waals surface area contributed by atoms with E-state index >= 15 is 0 Å². The molecule has 0 unspecified atom stereocenters. The van der Waals surface area contributed by atoms with Crippen LogP contribution in [0.25, 0.3) is 11.0 Å². The number of thioether (sulfide) groups is 1. The molecule has 0 N–H and O–H groups in total. The molecule has 1 heterocycles. The molecule has 0 fully saturated rings. The fourth-order valence-corrected chi connectivity index (χ4v) is 3.63. The quantitative estimate of drug-likeness (QED) is 0.695. The summed E-state index contributed by atoms with van der Waals surface area (Å²) >= 11 is 7.69. The van der Waals surface area contributed by atoms with Crippen LogP contribution in [0, 0.1) is 11.6 Å². The largest absolute Gasteiger partial charge is 0.323 e. The number of benzene rings is 1. The van der Waals surface area contributed by atoms with E-state index in [-0.39, 0.29) is 16.1 Å². The van der Waals surface area contributed by atoms with Crippen LogP contribution in [0.15, 0.2) is 12.1 Å². The molecule has 0 saturated heterocycles. The Kier molecular flexibility index (Phi) is 5.15. The van der Waals surface area contributed by atoms with E-state index in [1.54, 1.807) is 16.3 Å². The molecule has 0 amide bonds. The van der Waals surface area contributed by atoms with Crippen LogP contribution >= 0.6 is 23.4 Å². The minimum absolute atomic E-state index is 0.0345. The van der Waals surface area contributed by atoms with Crippen LogP contribution in [0.5, 0.6) is 0 Å². The molecule has 21 heavy (non-hydrogen) atoms. The lowest BCUT2D eigenvalue weighted by atomic mass is 10.0. The normalized spacial score (nSPS) is 12.3. The number of fused-ring (bicyclic) bond motifs is 1. The summed E-state index contributed by atoms with van der Waals surface area (Å²) in [6, 6.07) is 2.60. The maximum absolute atomic E-state index is 14.2. The van der Waals surface area contributed by atoms with Gasteiger partial charge in [-0.3, -0.25) is 0 Å². The fourth-order valence-electron chi connectivity index (χ4n) is 2.59. The Morgan fingerprint density at radius 3 is 2.48 bits per heavy atom. The van der Waals surface area contributed by atoms with Gasteiger partial charge in [0.1, 0.15) is 11.3 Å². The van der Waals surface area contributed by atoms with Gasteiger partial charge in [0.25, 0.3) is 0 Å². The summed E-state index contributed by atoms with van der Waals surface area (Å²) in [4.78, 5) is 4.34. The van der Waals surface area contributed by atoms with Crippen LogP contribution in [-0.2, 0) is 12.4 Å². The molecule has 0 aliphatic heterocycles. The van der Waals surface area contributed by atoms with E-state index in [0.717, 1.165) is 18.9 Å². The Morgan fingerprint density at radius 1 is 1.29 bits per heavy atom. The fraction of sp³-hybridized carbons (Fsp3) is 0.533. The molecule has 0 bridgehead atoms. The third-order valence-electron chi connectivity index (χ3n) is 4.17. The number of nitrogens with zero attached hydrogens (tertiary/aromatic N) is 2. The Balaban J connectivity index is 2.63. The smallest absolute Gasteiger partial charge is 0.184 e. The van der Waals surface area contributed by atoms with Crippen molar-refractivity contribution in [3.63, 3.8) is 0 Å². The first-order valence-corrected chi connectivity index (χ1v) is 8.72. The van der Waals surface area contributed by atoms with Gasteiger partial charge in [-0.05, 0) is 31.2 Å². The molecule has 2 aromatic rings. The van der Waals surface area contributed by atoms with Crippen LogP contribution in [0.1, 0.15) is 32.5 Å². The van der Waals surface area contributed by atoms with Gasteiger partial charge in [-0.2, -0.15) is 11.8 Å². The van der Waals surface area contributed by atoms with E-state index in [9.17, 15) is 8.78 Å². The van der Waals surface area contributed by atoms with Crippen molar-refractivity contribution in [2.75, 3.05) is 6.26 Å². The molecule has 0 saturated carbocycles. The lowest BCUT2D eigenvalue weighted by Crippen LogP contribution is -2.29. The van der Waals surface area contributed by atoms with Crippen LogP contribution in [0.2, 0.25) is 0 Å². The maximum atomic E-state index is 14.2. The molecule has 1 aromatic carbocycles. The zero-order chi connectivity index (χ0) is 15.6. The second-order valence-corrected chi connectivity index (χ2v) is 6.61. The highest BCUT2D eigenvalue weighted by Crippen LogP contribution is 2.35. The summed E-state index contributed by atoms with van der Waals surface area (Å²) in [5.41, 5.74) is 0.665. The third-order valence-corrected chi connectivity index (χ3v) is 5.98. The predicted molar refractivity (Wildman–Crippen MR) is 86.0 cm³/mol. The maximum Gasteiger partial charge on any atom is 0.184 e. The van der Waals surface area contributed by atoms with Crippen molar-refractivity contribution in [1.82, 2.24) is 9.55 Å². The average Bonchev–Trinajstić information content (AvgIpc) is 2.87. The van der Waals surface area contributed by atoms with E-state index in [1.165, 1.54) is 6.07 Å². The summed E-state index contributed by atoms with van der Waals surface area (Å²) in [6.07, 6.45) is 3.91. The van der Waals surface area contributed by atoms with E-state index in [4.69, 9.17) is 11.6 Å². The van der Waals surface area contributed by atoms with Crippen molar-refractivity contribution in [1.29, 1.82) is 0 Å². The molecule has 0 radical (unpaired) electrons. The highest BCUT2D eigenvalue weighted by Gasteiger charge is 2.28. The molecule has 116 valence electrons. The van der Waals surface area contributed by atoms with Crippen molar-refractivity contribution < 1.29 is 8.78 Å². The number of alkyl halides is 1. The summed E-state index contributed by atoms with van der Waals surface area (Å²) in [5.74, 6) is -0.948. The monoisotopic (exact) mass is 332 g/mol. The molecule has 6 heteroatoms. The second kappa shape index (κ2) is 6.53. The number of imidazole rings is 1. The molecule has 0 aliphatic carbocycles. The van der Waals surface area contributed by atoms with Crippen molar-refractivity contribution in [3.05, 3.63) is 29.6 Å². The molecular formula is C15H19ClF2N2S. The second-order valence-electron chi connectivity index (χ2n) is 5.07. The predicted octanol–water partition coefficient (Wildman–Crippen LogP) is 4.98. The molecule has 0 aliphatic rings. The highest BCUT2D eigenvalue weighted by molar-refractivity contribution is 8.00. The van der Waals surface area contributed by atoms with E-state index in [0.29, 0.717) is 17.9 Å². The topological polar surface area (TPSA) is 17.8 Å². The van der Waals surface area contributed by atoms with Crippen LogP contribution in [-0.4, -0.2) is 20.6 Å². The SMILES string of the molecule is CCC(CC)(Cn1c(CCl)nc2ccc(F)c(F)c21)SC. The zero-order valence-corrected chi connectivity index (χ0v) is 14.0. The van der Waals surface area contributed by atoms with Gasteiger partial charge in [-0.15, -0.1) is 11.6 Å². The van der Waals surface area contributed by atoms with Crippen molar-refractivity contribution in [3.8, 4) is 0 Å². The number of rotatable bonds is 6. The lowest BCUT2D eigenvalue weighted by Gasteiger charge is -2.31. The number of hydrogen-bond acceptors (Lipinski definition) is 2. The molecule has 1 aromatic heterocycles. The zero-order valence-electron chi connectivity index (χ0n) is 12.4. The molecular weight excluding hydrogens is 314 g/mol. The van der Waals surface area contributed by atoms with E-state index < -0.39 is 11.6 Å². The Labute approximate surface area is 132 Å². The minimum atomic E-state index is -0.854. The first-order chi connectivity index (χ1) is 10.0. The summed E-state index contributed by atoms with van der Waals surface area (Å²) in [7, 11) is 0. The van der Waals surface area contributed by atoms with Crippen molar-refractivity contribution in [2.24, 2.45) is 0 Å². The van der Waals surface area contributed by atoms with Crippen molar-refractivity contribution >= 4 is 34.4 Å². The van der Waals surface area contributed by atoms with Gasteiger partial charge in [0.2, 0.25) is 0 Å². The summed E-state index contributed by atoms with van der Waals surface area (Å²) in [6.45, 7) is 4.78. The first kappa shape index (κ1) is 16.6. The Morgan fingerprint density at radius 2 is 1.95 bits per heavy atom. The number of aromatic nitrogens is 2. The Hall–Kier alpha value is -0.810. The standard InChI is InChI=1S/C15H19ClF2N2S/c1-4-15(5-2,21-3)9-20-12(8-16)19-11-7-6-10(17)13(18)14(11)20/h6-7H,4-5,8-9H2,1-3H3. The lowest BCUT2D eigenvalue weighted by molar-refractivity contribution is 0.458. The van der Waals surface area contributed by atoms with E-state index in [2.05, 4.69) is 18.8 Å². The minimum Gasteiger partial charge on any atom is -0.323 e. The summed E-state index contributed by atoms with van der Waals surface area (Å²) in [5, 5.41) is 0. The number of halogens is 3. The van der Waals surface area contributed by atoms with E-state index in [1.807, 2.05) is 6.26 Å². The van der Waals surface area contributed by atoms with Gasteiger partial charge >= 0.3 is 0 Å². The van der Waals surface area contributed by atoms with Gasteiger partial charge in [0.05, 0.1) is 11.4 Å². The third kappa shape index (κ3) is 2.90.